The van der Waals surface area contributed by atoms with E-state index in [0.29, 0.717) is 16.7 Å². The van der Waals surface area contributed by atoms with Gasteiger partial charge in [0.05, 0.1) is 7.11 Å². The number of rotatable bonds is 9. The van der Waals surface area contributed by atoms with Gasteiger partial charge in [0.1, 0.15) is 17.4 Å². The van der Waals surface area contributed by atoms with Gasteiger partial charge in [0.25, 0.3) is 0 Å². The van der Waals surface area contributed by atoms with Crippen molar-refractivity contribution < 1.29 is 14.3 Å². The summed E-state index contributed by atoms with van der Waals surface area (Å²) in [7, 11) is 1.61. The van der Waals surface area contributed by atoms with E-state index in [1.165, 1.54) is 51.4 Å². The summed E-state index contributed by atoms with van der Waals surface area (Å²) >= 11 is 0. The van der Waals surface area contributed by atoms with Gasteiger partial charge in [-0.05, 0) is 116 Å². The van der Waals surface area contributed by atoms with Gasteiger partial charge in [0.15, 0.2) is 0 Å². The molecule has 9 unspecified atom stereocenters. The maximum absolute atomic E-state index is 13.0. The number of carbonyl (C=O) groups excluding carboxylic acids is 1. The zero-order valence-electron chi connectivity index (χ0n) is 26.5. The Hall–Kier alpha value is -1.77. The second-order valence-corrected chi connectivity index (χ2v) is 14.9. The lowest BCUT2D eigenvalue weighted by Gasteiger charge is -2.58. The van der Waals surface area contributed by atoms with Gasteiger partial charge in [-0.2, -0.15) is 0 Å². The van der Waals surface area contributed by atoms with Crippen LogP contribution >= 0.6 is 0 Å². The lowest BCUT2D eigenvalue weighted by Crippen LogP contribution is -2.51. The van der Waals surface area contributed by atoms with Crippen molar-refractivity contribution in [1.82, 2.24) is 0 Å². The first-order chi connectivity index (χ1) is 19.1. The minimum absolute atomic E-state index is 0.0309. The SMILES string of the molecule is CCC(CCC(C)C1CCC2C3CC=C4CC(OC(=O)c5ccccc5OC)CCC4(C)C3CCC12C)C(C)C. The molecule has 0 radical (unpaired) electrons. The Balaban J connectivity index is 1.25. The van der Waals surface area contributed by atoms with Crippen LogP contribution in [0.25, 0.3) is 0 Å². The molecule has 222 valence electrons. The monoisotopic (exact) mass is 548 g/mol. The third kappa shape index (κ3) is 5.29. The Kier molecular flexibility index (Phi) is 8.80. The lowest BCUT2D eigenvalue weighted by atomic mass is 9.47. The van der Waals surface area contributed by atoms with E-state index in [9.17, 15) is 4.79 Å². The fourth-order valence-corrected chi connectivity index (χ4v) is 10.4. The van der Waals surface area contributed by atoms with Crippen LogP contribution in [0.2, 0.25) is 0 Å². The van der Waals surface area contributed by atoms with Gasteiger partial charge < -0.3 is 9.47 Å². The summed E-state index contributed by atoms with van der Waals surface area (Å²) in [6.07, 6.45) is 16.6. The molecule has 9 atom stereocenters. The van der Waals surface area contributed by atoms with Crippen LogP contribution in [0.3, 0.4) is 0 Å². The van der Waals surface area contributed by atoms with Gasteiger partial charge in [-0.15, -0.1) is 0 Å². The number of carbonyl (C=O) groups is 1. The van der Waals surface area contributed by atoms with Crippen LogP contribution < -0.4 is 4.74 Å². The summed E-state index contributed by atoms with van der Waals surface area (Å²) in [5.74, 6) is 6.27. The van der Waals surface area contributed by atoms with Crippen molar-refractivity contribution in [3.05, 3.63) is 41.5 Å². The zero-order valence-corrected chi connectivity index (χ0v) is 26.5. The highest BCUT2D eigenvalue weighted by atomic mass is 16.5. The average molecular weight is 549 g/mol. The normalized spacial score (nSPS) is 36.6. The van der Waals surface area contributed by atoms with Gasteiger partial charge in [0.2, 0.25) is 0 Å². The van der Waals surface area contributed by atoms with Gasteiger partial charge in [-0.1, -0.05) is 78.2 Å². The van der Waals surface area contributed by atoms with Crippen molar-refractivity contribution in [3.8, 4) is 5.75 Å². The van der Waals surface area contributed by atoms with Crippen LogP contribution in [-0.2, 0) is 4.74 Å². The summed E-state index contributed by atoms with van der Waals surface area (Å²) < 4.78 is 11.5. The Labute approximate surface area is 244 Å². The molecule has 0 aromatic heterocycles. The van der Waals surface area contributed by atoms with Gasteiger partial charge in [0, 0.05) is 6.42 Å². The molecule has 0 bridgehead atoms. The van der Waals surface area contributed by atoms with Crippen LogP contribution in [0.1, 0.15) is 123 Å². The molecule has 0 amide bonds. The molecule has 1 aromatic rings. The summed E-state index contributed by atoms with van der Waals surface area (Å²) in [6.45, 7) is 15.0. The van der Waals surface area contributed by atoms with Crippen molar-refractivity contribution in [2.75, 3.05) is 7.11 Å². The molecular formula is C37H56O3. The molecule has 0 aliphatic heterocycles. The molecule has 5 rings (SSSR count). The minimum atomic E-state index is -0.251. The van der Waals surface area contributed by atoms with E-state index in [1.807, 2.05) is 18.2 Å². The van der Waals surface area contributed by atoms with Gasteiger partial charge in [-0.25, -0.2) is 4.79 Å². The highest BCUT2D eigenvalue weighted by Gasteiger charge is 2.59. The van der Waals surface area contributed by atoms with Gasteiger partial charge >= 0.3 is 5.97 Å². The van der Waals surface area contributed by atoms with E-state index in [0.717, 1.165) is 60.7 Å². The third-order valence-electron chi connectivity index (χ3n) is 12.9. The van der Waals surface area contributed by atoms with Crippen molar-refractivity contribution in [3.63, 3.8) is 0 Å². The molecule has 4 aliphatic rings. The molecule has 0 spiro atoms. The van der Waals surface area contributed by atoms with Crippen molar-refractivity contribution in [2.45, 2.75) is 118 Å². The Morgan fingerprint density at radius 1 is 1.00 bits per heavy atom. The summed E-state index contributed by atoms with van der Waals surface area (Å²) in [6, 6.07) is 7.40. The highest BCUT2D eigenvalue weighted by Crippen LogP contribution is 2.67. The molecule has 40 heavy (non-hydrogen) atoms. The number of methoxy groups -OCH3 is 1. The number of allylic oxidation sites excluding steroid dienone is 1. The summed E-state index contributed by atoms with van der Waals surface area (Å²) in [5.41, 5.74) is 2.89. The highest BCUT2D eigenvalue weighted by molar-refractivity contribution is 5.92. The molecule has 0 saturated heterocycles. The van der Waals surface area contributed by atoms with E-state index >= 15 is 0 Å². The molecule has 3 fully saturated rings. The van der Waals surface area contributed by atoms with Crippen LogP contribution in [0.15, 0.2) is 35.9 Å². The molecule has 0 heterocycles. The molecular weight excluding hydrogens is 492 g/mol. The minimum Gasteiger partial charge on any atom is -0.496 e. The van der Waals surface area contributed by atoms with Crippen LogP contribution in [0.4, 0.5) is 0 Å². The number of hydrogen-bond acceptors (Lipinski definition) is 3. The quantitative estimate of drug-likeness (QED) is 0.227. The smallest absolute Gasteiger partial charge is 0.342 e. The second kappa shape index (κ2) is 11.8. The maximum Gasteiger partial charge on any atom is 0.342 e. The van der Waals surface area contributed by atoms with E-state index in [1.54, 1.807) is 18.7 Å². The largest absolute Gasteiger partial charge is 0.496 e. The van der Waals surface area contributed by atoms with E-state index in [-0.39, 0.29) is 17.5 Å². The van der Waals surface area contributed by atoms with Crippen molar-refractivity contribution >= 4 is 5.97 Å². The first kappa shape index (κ1) is 29.7. The first-order valence-corrected chi connectivity index (χ1v) is 16.7. The number of hydrogen-bond donors (Lipinski definition) is 0. The standard InChI is InChI=1S/C37H56O3/c1-8-26(24(2)3)14-13-25(4)31-17-18-32-29-16-15-27-23-28(40-35(38)30-11-9-10-12-34(30)39-7)19-21-36(27,5)33(29)20-22-37(31,32)6/h9-12,15,24-26,28-29,31-33H,8,13-14,16-23H2,1-7H3. The predicted molar refractivity (Wildman–Crippen MR) is 164 cm³/mol. The first-order valence-electron chi connectivity index (χ1n) is 16.7. The Morgan fingerprint density at radius 3 is 2.50 bits per heavy atom. The average Bonchev–Trinajstić information content (AvgIpc) is 3.30. The van der Waals surface area contributed by atoms with E-state index < -0.39 is 0 Å². The lowest BCUT2D eigenvalue weighted by molar-refractivity contribution is -0.0597. The second-order valence-electron chi connectivity index (χ2n) is 14.9. The van der Waals surface area contributed by atoms with Crippen LogP contribution in [0, 0.1) is 52.3 Å². The fraction of sp³-hybridized carbons (Fsp3) is 0.757. The Morgan fingerprint density at radius 2 is 1.77 bits per heavy atom. The van der Waals surface area contributed by atoms with Crippen molar-refractivity contribution in [2.24, 2.45) is 52.3 Å². The van der Waals surface area contributed by atoms with E-state index in [2.05, 4.69) is 47.6 Å². The molecule has 0 N–H and O–H groups in total. The summed E-state index contributed by atoms with van der Waals surface area (Å²) in [4.78, 5) is 13.0. The number of benzene rings is 1. The van der Waals surface area contributed by atoms with Crippen LogP contribution in [-0.4, -0.2) is 19.2 Å². The molecule has 3 heteroatoms. The van der Waals surface area contributed by atoms with Crippen molar-refractivity contribution in [1.29, 1.82) is 0 Å². The third-order valence-corrected chi connectivity index (χ3v) is 12.9. The predicted octanol–water partition coefficient (Wildman–Crippen LogP) is 9.90. The molecule has 4 aliphatic carbocycles. The fourth-order valence-electron chi connectivity index (χ4n) is 10.4. The topological polar surface area (TPSA) is 35.5 Å². The molecule has 3 nitrogen and oxygen atoms in total. The maximum atomic E-state index is 13.0. The Bertz CT molecular complexity index is 1070. The number of fused-ring (bicyclic) bond motifs is 5. The summed E-state index contributed by atoms with van der Waals surface area (Å²) in [5, 5.41) is 0. The molecule has 1 aromatic carbocycles. The number of para-hydroxylation sites is 1. The number of ether oxygens (including phenoxy) is 2. The van der Waals surface area contributed by atoms with E-state index in [4.69, 9.17) is 9.47 Å². The zero-order chi connectivity index (χ0) is 28.7. The van der Waals surface area contributed by atoms with Crippen LogP contribution in [0.5, 0.6) is 5.75 Å². The molecule has 3 saturated carbocycles. The van der Waals surface area contributed by atoms with Gasteiger partial charge in [-0.3, -0.25) is 0 Å². The number of esters is 1.